The Balaban J connectivity index is 2.04. The number of nitrogens with one attached hydrogen (secondary N) is 1. The molecule has 0 aliphatic heterocycles. The normalized spacial score (nSPS) is 11.5. The molecule has 0 aromatic carbocycles. The van der Waals surface area contributed by atoms with E-state index in [1.165, 1.54) is 30.2 Å². The highest BCUT2D eigenvalue weighted by Crippen LogP contribution is 2.25. The van der Waals surface area contributed by atoms with Crippen LogP contribution in [-0.4, -0.2) is 21.1 Å². The molecule has 8 heteroatoms. The molecular formula is C14H10Cl2N4OS. The zero-order valence-corrected chi connectivity index (χ0v) is 13.7. The van der Waals surface area contributed by atoms with Crippen molar-refractivity contribution in [1.29, 1.82) is 5.26 Å². The van der Waals surface area contributed by atoms with Crippen molar-refractivity contribution in [2.75, 3.05) is 5.32 Å². The van der Waals surface area contributed by atoms with Gasteiger partial charge >= 0.3 is 0 Å². The van der Waals surface area contributed by atoms with Gasteiger partial charge in [-0.25, -0.2) is 9.97 Å². The van der Waals surface area contributed by atoms with Gasteiger partial charge in [-0.05, 0) is 25.1 Å². The number of rotatable bonds is 4. The zero-order chi connectivity index (χ0) is 16.1. The first-order chi connectivity index (χ1) is 10.5. The summed E-state index contributed by atoms with van der Waals surface area (Å²) in [5.74, 6) is -0.0202. The molecule has 22 heavy (non-hydrogen) atoms. The number of aromatic nitrogens is 2. The number of thioether (sulfide) groups is 1. The number of pyridine rings is 2. The van der Waals surface area contributed by atoms with E-state index < -0.39 is 5.25 Å². The number of nitriles is 1. The molecule has 0 aliphatic rings. The number of hydrogen-bond acceptors (Lipinski definition) is 5. The van der Waals surface area contributed by atoms with Crippen molar-refractivity contribution in [2.45, 2.75) is 17.2 Å². The quantitative estimate of drug-likeness (QED) is 0.847. The van der Waals surface area contributed by atoms with Crippen molar-refractivity contribution in [2.24, 2.45) is 0 Å². The number of hydrogen-bond donors (Lipinski definition) is 1. The molecule has 112 valence electrons. The Morgan fingerprint density at radius 2 is 2.18 bits per heavy atom. The van der Waals surface area contributed by atoms with Crippen LogP contribution in [0, 0.1) is 11.3 Å². The van der Waals surface area contributed by atoms with Gasteiger partial charge in [-0.3, -0.25) is 4.79 Å². The van der Waals surface area contributed by atoms with Crippen LogP contribution in [0.25, 0.3) is 0 Å². The van der Waals surface area contributed by atoms with Gasteiger partial charge in [0, 0.05) is 12.4 Å². The van der Waals surface area contributed by atoms with E-state index >= 15 is 0 Å². The van der Waals surface area contributed by atoms with Gasteiger partial charge in [0.25, 0.3) is 0 Å². The first-order valence-corrected chi connectivity index (χ1v) is 7.78. The molecule has 2 heterocycles. The lowest BCUT2D eigenvalue weighted by Gasteiger charge is -2.12. The van der Waals surface area contributed by atoms with Gasteiger partial charge < -0.3 is 5.32 Å². The minimum atomic E-state index is -0.435. The maximum atomic E-state index is 12.2. The van der Waals surface area contributed by atoms with Crippen LogP contribution in [0.3, 0.4) is 0 Å². The number of halogens is 2. The molecule has 5 nitrogen and oxygen atoms in total. The minimum Gasteiger partial charge on any atom is -0.308 e. The Labute approximate surface area is 141 Å². The first kappa shape index (κ1) is 16.6. The Bertz CT molecular complexity index is 748. The Hall–Kier alpha value is -1.81. The number of nitrogens with zero attached hydrogens (tertiary/aromatic N) is 3. The molecule has 1 N–H and O–H groups in total. The average Bonchev–Trinajstić information content (AvgIpc) is 2.50. The maximum absolute atomic E-state index is 12.2. The Morgan fingerprint density at radius 3 is 2.86 bits per heavy atom. The summed E-state index contributed by atoms with van der Waals surface area (Å²) in [5, 5.41) is 12.3. The van der Waals surface area contributed by atoms with Crippen molar-refractivity contribution in [3.8, 4) is 6.07 Å². The predicted octanol–water partition coefficient (Wildman–Crippen LogP) is 3.77. The highest BCUT2D eigenvalue weighted by Gasteiger charge is 2.17. The molecule has 0 radical (unpaired) electrons. The molecule has 1 atom stereocenters. The van der Waals surface area contributed by atoms with E-state index in [4.69, 9.17) is 28.5 Å². The molecule has 1 unspecified atom stereocenters. The topological polar surface area (TPSA) is 78.7 Å². The van der Waals surface area contributed by atoms with Crippen LogP contribution >= 0.6 is 35.0 Å². The zero-order valence-electron chi connectivity index (χ0n) is 11.4. The SMILES string of the molecule is CC(Sc1cc(C#N)ccn1)C(=O)Nc1ncc(Cl)cc1Cl. The smallest absolute Gasteiger partial charge is 0.238 e. The van der Waals surface area contributed by atoms with E-state index in [-0.39, 0.29) is 16.7 Å². The van der Waals surface area contributed by atoms with Crippen LogP contribution in [0.15, 0.2) is 35.6 Å². The summed E-state index contributed by atoms with van der Waals surface area (Å²) in [6.45, 7) is 1.73. The van der Waals surface area contributed by atoms with Crippen molar-refractivity contribution < 1.29 is 4.79 Å². The number of anilines is 1. The summed E-state index contributed by atoms with van der Waals surface area (Å²) in [6.07, 6.45) is 2.93. The highest BCUT2D eigenvalue weighted by atomic mass is 35.5. The number of amides is 1. The standard InChI is InChI=1S/C14H10Cl2N4OS/c1-8(22-12-4-9(6-17)2-3-18-12)14(21)20-13-11(16)5-10(15)7-19-13/h2-5,7-8H,1H3,(H,19,20,21). The number of carbonyl (C=O) groups excluding carboxylic acids is 1. The summed E-state index contributed by atoms with van der Waals surface area (Å²) in [5.41, 5.74) is 0.493. The van der Waals surface area contributed by atoms with Crippen molar-refractivity contribution in [3.63, 3.8) is 0 Å². The molecular weight excluding hydrogens is 343 g/mol. The van der Waals surface area contributed by atoms with E-state index in [1.807, 2.05) is 6.07 Å². The van der Waals surface area contributed by atoms with Gasteiger partial charge in [0.2, 0.25) is 5.91 Å². The van der Waals surface area contributed by atoms with Gasteiger partial charge in [0.15, 0.2) is 5.82 Å². The third-order valence-electron chi connectivity index (χ3n) is 2.58. The molecule has 1 amide bonds. The predicted molar refractivity (Wildman–Crippen MR) is 87.2 cm³/mol. The molecule has 0 spiro atoms. The van der Waals surface area contributed by atoms with Crippen LogP contribution in [0.2, 0.25) is 10.0 Å². The van der Waals surface area contributed by atoms with Gasteiger partial charge in [0.05, 0.1) is 32.0 Å². The summed E-state index contributed by atoms with van der Waals surface area (Å²) in [6, 6.07) is 6.76. The second-order valence-electron chi connectivity index (χ2n) is 4.23. The van der Waals surface area contributed by atoms with Gasteiger partial charge in [-0.2, -0.15) is 5.26 Å². The molecule has 2 rings (SSSR count). The van der Waals surface area contributed by atoms with E-state index in [0.717, 1.165) is 0 Å². The monoisotopic (exact) mass is 352 g/mol. The third-order valence-corrected chi connectivity index (χ3v) is 4.11. The lowest BCUT2D eigenvalue weighted by Crippen LogP contribution is -2.23. The summed E-state index contributed by atoms with van der Waals surface area (Å²) in [4.78, 5) is 20.2. The fourth-order valence-electron chi connectivity index (χ4n) is 1.50. The second-order valence-corrected chi connectivity index (χ2v) is 6.43. The van der Waals surface area contributed by atoms with Crippen molar-refractivity contribution in [1.82, 2.24) is 9.97 Å². The second kappa shape index (κ2) is 7.45. The van der Waals surface area contributed by atoms with Crippen molar-refractivity contribution in [3.05, 3.63) is 46.2 Å². The Kier molecular flexibility index (Phi) is 5.61. The molecule has 0 saturated heterocycles. The van der Waals surface area contributed by atoms with Gasteiger partial charge in [-0.1, -0.05) is 35.0 Å². The summed E-state index contributed by atoms with van der Waals surface area (Å²) in [7, 11) is 0. The minimum absolute atomic E-state index is 0.252. The Morgan fingerprint density at radius 1 is 1.41 bits per heavy atom. The van der Waals surface area contributed by atoms with E-state index in [1.54, 1.807) is 19.1 Å². The van der Waals surface area contributed by atoms with Crippen LogP contribution in [-0.2, 0) is 4.79 Å². The molecule has 0 fully saturated rings. The molecule has 0 bridgehead atoms. The summed E-state index contributed by atoms with van der Waals surface area (Å²) < 4.78 is 0. The third kappa shape index (κ3) is 4.34. The molecule has 2 aromatic rings. The highest BCUT2D eigenvalue weighted by molar-refractivity contribution is 8.00. The van der Waals surface area contributed by atoms with Crippen LogP contribution in [0.1, 0.15) is 12.5 Å². The van der Waals surface area contributed by atoms with E-state index in [2.05, 4.69) is 15.3 Å². The lowest BCUT2D eigenvalue weighted by atomic mass is 10.3. The molecule has 2 aromatic heterocycles. The van der Waals surface area contributed by atoms with Crippen molar-refractivity contribution >= 4 is 46.7 Å². The molecule has 0 aliphatic carbocycles. The van der Waals surface area contributed by atoms with Crippen LogP contribution < -0.4 is 5.32 Å². The lowest BCUT2D eigenvalue weighted by molar-refractivity contribution is -0.115. The fourth-order valence-corrected chi connectivity index (χ4v) is 2.78. The number of carbonyl (C=O) groups is 1. The summed E-state index contributed by atoms with van der Waals surface area (Å²) >= 11 is 13.0. The van der Waals surface area contributed by atoms with Gasteiger partial charge in [0.1, 0.15) is 0 Å². The molecule has 0 saturated carbocycles. The van der Waals surface area contributed by atoms with Crippen LogP contribution in [0.5, 0.6) is 0 Å². The fraction of sp³-hybridized carbons (Fsp3) is 0.143. The van der Waals surface area contributed by atoms with E-state index in [9.17, 15) is 4.79 Å². The first-order valence-electron chi connectivity index (χ1n) is 6.14. The van der Waals surface area contributed by atoms with Gasteiger partial charge in [-0.15, -0.1) is 0 Å². The average molecular weight is 353 g/mol. The maximum Gasteiger partial charge on any atom is 0.238 e. The van der Waals surface area contributed by atoms with E-state index in [0.29, 0.717) is 15.6 Å². The largest absolute Gasteiger partial charge is 0.308 e. The van der Waals surface area contributed by atoms with Crippen LogP contribution in [0.4, 0.5) is 5.82 Å².